The van der Waals surface area contributed by atoms with Gasteiger partial charge in [0.25, 0.3) is 0 Å². The minimum absolute atomic E-state index is 0.552. The van der Waals surface area contributed by atoms with Gasteiger partial charge >= 0.3 is 0 Å². The van der Waals surface area contributed by atoms with Crippen LogP contribution in [0.25, 0.3) is 43.4 Å². The molecule has 9 aromatic rings. The summed E-state index contributed by atoms with van der Waals surface area (Å²) in [5, 5.41) is 18.7. The molecule has 0 saturated carbocycles. The Kier molecular flexibility index (Phi) is 7.84. The maximum atomic E-state index is 11.4. The number of rotatable bonds is 7. The van der Waals surface area contributed by atoms with Gasteiger partial charge < -0.3 is 14.6 Å². The molecule has 0 radical (unpaired) electrons. The van der Waals surface area contributed by atoms with Gasteiger partial charge in [-0.1, -0.05) is 139 Å². The molecule has 0 bridgehead atoms. The highest BCUT2D eigenvalue weighted by Gasteiger charge is 2.47. The summed E-state index contributed by atoms with van der Waals surface area (Å²) in [5.74, 6) is 2.20. The van der Waals surface area contributed by atoms with Crippen LogP contribution in [0.2, 0.25) is 0 Å². The van der Waals surface area contributed by atoms with E-state index in [4.69, 9.17) is 9.47 Å². The van der Waals surface area contributed by atoms with Crippen molar-refractivity contribution in [1.82, 2.24) is 0 Å². The molecule has 2 atom stereocenters. The highest BCUT2D eigenvalue weighted by molar-refractivity contribution is 6.01. The summed E-state index contributed by atoms with van der Waals surface area (Å²) >= 11 is 0. The lowest BCUT2D eigenvalue weighted by molar-refractivity contribution is 0.102. The van der Waals surface area contributed by atoms with Crippen molar-refractivity contribution < 1.29 is 14.6 Å². The smallest absolute Gasteiger partial charge is 0.128 e. The first kappa shape index (κ1) is 33.9. The lowest BCUT2D eigenvalue weighted by atomic mass is 9.66. The molecule has 0 heterocycles. The van der Waals surface area contributed by atoms with Gasteiger partial charge in [-0.15, -0.1) is 0 Å². The molecule has 1 aliphatic rings. The van der Waals surface area contributed by atoms with Crippen molar-refractivity contribution in [2.75, 3.05) is 7.11 Å². The van der Waals surface area contributed by atoms with Gasteiger partial charge in [0.15, 0.2) is 0 Å². The van der Waals surface area contributed by atoms with Gasteiger partial charge in [-0.05, 0) is 139 Å². The molecular weight excluding hydrogens is 685 g/mol. The molecule has 3 heteroatoms. The number of benzene rings is 9. The molecule has 1 aliphatic carbocycles. The first-order valence-electron chi connectivity index (χ1n) is 19.2. The predicted molar refractivity (Wildman–Crippen MR) is 229 cm³/mol. The van der Waals surface area contributed by atoms with Crippen LogP contribution < -0.4 is 9.47 Å². The van der Waals surface area contributed by atoms with Crippen molar-refractivity contribution in [2.45, 2.75) is 24.9 Å². The molecule has 56 heavy (non-hydrogen) atoms. The zero-order valence-corrected chi connectivity index (χ0v) is 31.6. The first-order chi connectivity index (χ1) is 27.3. The lowest BCUT2D eigenvalue weighted by Gasteiger charge is -2.35. The van der Waals surface area contributed by atoms with E-state index in [0.29, 0.717) is 5.75 Å². The summed E-state index contributed by atoms with van der Waals surface area (Å²) in [4.78, 5) is 0. The summed E-state index contributed by atoms with van der Waals surface area (Å²) in [6.45, 7) is 3.96. The molecule has 3 nitrogen and oxygen atoms in total. The number of hydrogen-bond donors (Lipinski definition) is 1. The Morgan fingerprint density at radius 3 is 1.75 bits per heavy atom. The zero-order valence-electron chi connectivity index (χ0n) is 31.6. The summed E-state index contributed by atoms with van der Waals surface area (Å²) in [5.41, 5.74) is 8.78. The second kappa shape index (κ2) is 13.0. The highest BCUT2D eigenvalue weighted by Crippen LogP contribution is 2.58. The molecule has 10 rings (SSSR count). The third-order valence-electron chi connectivity index (χ3n) is 11.9. The fourth-order valence-electron chi connectivity index (χ4n) is 9.03. The Morgan fingerprint density at radius 1 is 0.482 bits per heavy atom. The van der Waals surface area contributed by atoms with E-state index in [1.54, 1.807) is 14.0 Å². The number of ether oxygens (including phenoxy) is 2. The SMILES string of the molecule is COc1ccc(C(C)(O)c2ccc(Oc3ccc4cc(C5(c6ccc7cc(C)ccc7c6)c6ccccc6-c6ccc7ccccc7c65)ccc4c3)cc2)cc1. The van der Waals surface area contributed by atoms with Gasteiger partial charge in [0, 0.05) is 0 Å². The van der Waals surface area contributed by atoms with E-state index in [0.717, 1.165) is 33.4 Å². The van der Waals surface area contributed by atoms with E-state index in [-0.39, 0.29) is 0 Å². The van der Waals surface area contributed by atoms with E-state index < -0.39 is 11.0 Å². The van der Waals surface area contributed by atoms with Gasteiger partial charge in [-0.3, -0.25) is 0 Å². The molecule has 270 valence electrons. The van der Waals surface area contributed by atoms with Crippen LogP contribution in [-0.2, 0) is 11.0 Å². The number of aliphatic hydroxyl groups is 1. The fourth-order valence-corrected chi connectivity index (χ4v) is 9.03. The number of hydrogen-bond acceptors (Lipinski definition) is 3. The minimum atomic E-state index is -1.17. The molecule has 0 amide bonds. The largest absolute Gasteiger partial charge is 0.497 e. The summed E-state index contributed by atoms with van der Waals surface area (Å²) in [6.07, 6.45) is 0. The van der Waals surface area contributed by atoms with Crippen molar-refractivity contribution in [3.63, 3.8) is 0 Å². The lowest BCUT2D eigenvalue weighted by Crippen LogP contribution is -2.29. The van der Waals surface area contributed by atoms with E-state index in [1.165, 1.54) is 60.5 Å². The van der Waals surface area contributed by atoms with Crippen LogP contribution in [0.1, 0.15) is 45.9 Å². The zero-order chi connectivity index (χ0) is 38.0. The van der Waals surface area contributed by atoms with Gasteiger partial charge in [0.1, 0.15) is 22.8 Å². The van der Waals surface area contributed by atoms with Crippen LogP contribution in [0.5, 0.6) is 17.2 Å². The number of methoxy groups -OCH3 is 1. The maximum absolute atomic E-state index is 11.4. The van der Waals surface area contributed by atoms with Gasteiger partial charge in [0.2, 0.25) is 0 Å². The van der Waals surface area contributed by atoms with Gasteiger partial charge in [-0.25, -0.2) is 0 Å². The Balaban J connectivity index is 1.07. The van der Waals surface area contributed by atoms with Crippen molar-refractivity contribution in [1.29, 1.82) is 0 Å². The summed E-state index contributed by atoms with van der Waals surface area (Å²) in [6, 6.07) is 64.6. The van der Waals surface area contributed by atoms with Crippen LogP contribution in [0.15, 0.2) is 182 Å². The van der Waals surface area contributed by atoms with Crippen LogP contribution in [0.3, 0.4) is 0 Å². The van der Waals surface area contributed by atoms with E-state index >= 15 is 0 Å². The van der Waals surface area contributed by atoms with E-state index in [1.807, 2.05) is 54.6 Å². The van der Waals surface area contributed by atoms with Crippen molar-refractivity contribution in [3.8, 4) is 28.4 Å². The van der Waals surface area contributed by atoms with Crippen LogP contribution in [-0.4, -0.2) is 12.2 Å². The second-order valence-electron chi connectivity index (χ2n) is 15.2. The molecular formula is C53H40O3. The number of aryl methyl sites for hydroxylation is 1. The normalized spacial score (nSPS) is 15.7. The molecule has 0 saturated heterocycles. The van der Waals surface area contributed by atoms with Crippen LogP contribution in [0, 0.1) is 6.92 Å². The summed E-state index contributed by atoms with van der Waals surface area (Å²) in [7, 11) is 1.64. The van der Waals surface area contributed by atoms with Crippen LogP contribution in [0.4, 0.5) is 0 Å². The first-order valence-corrected chi connectivity index (χ1v) is 19.2. The van der Waals surface area contributed by atoms with E-state index in [2.05, 4.69) is 134 Å². The van der Waals surface area contributed by atoms with Gasteiger partial charge in [0.05, 0.1) is 12.5 Å². The monoisotopic (exact) mass is 724 g/mol. The quantitative estimate of drug-likeness (QED) is 0.178. The number of fused-ring (bicyclic) bond motifs is 7. The average Bonchev–Trinajstić information content (AvgIpc) is 3.55. The fraction of sp³-hybridized carbons (Fsp3) is 0.0943. The predicted octanol–water partition coefficient (Wildman–Crippen LogP) is 12.9. The van der Waals surface area contributed by atoms with Crippen molar-refractivity contribution in [2.24, 2.45) is 0 Å². The van der Waals surface area contributed by atoms with Crippen molar-refractivity contribution >= 4 is 32.3 Å². The summed E-state index contributed by atoms with van der Waals surface area (Å²) < 4.78 is 11.7. The molecule has 0 aliphatic heterocycles. The molecule has 9 aromatic carbocycles. The highest BCUT2D eigenvalue weighted by atomic mass is 16.5. The van der Waals surface area contributed by atoms with Crippen molar-refractivity contribution in [3.05, 3.63) is 221 Å². The third-order valence-corrected chi connectivity index (χ3v) is 11.9. The van der Waals surface area contributed by atoms with E-state index in [9.17, 15) is 5.11 Å². The van der Waals surface area contributed by atoms with Crippen LogP contribution >= 0.6 is 0 Å². The minimum Gasteiger partial charge on any atom is -0.497 e. The molecule has 0 aromatic heterocycles. The van der Waals surface area contributed by atoms with Gasteiger partial charge in [-0.2, -0.15) is 0 Å². The standard InChI is InChI=1S/C53H40O3/c1-34-12-13-37-31-42(18-14-36(37)30-34)53(50-11-7-6-10-48(50)49-29-17-35-8-4-5-9-47(35)51(49)53)43-19-15-39-33-46(24-16-38(39)32-43)56-45-27-22-41(23-28-45)52(2,54)40-20-25-44(55-3)26-21-40/h4-33,54H,1-3H3. The Bertz CT molecular complexity index is 2960. The molecule has 0 spiro atoms. The topological polar surface area (TPSA) is 38.7 Å². The Labute approximate surface area is 327 Å². The molecule has 1 N–H and O–H groups in total. The Hall–Kier alpha value is -6.68. The second-order valence-corrected chi connectivity index (χ2v) is 15.2. The molecule has 2 unspecified atom stereocenters. The maximum Gasteiger partial charge on any atom is 0.128 e. The third kappa shape index (κ3) is 5.31. The Morgan fingerprint density at radius 2 is 1.04 bits per heavy atom. The average molecular weight is 725 g/mol. The molecule has 0 fully saturated rings.